The average Bonchev–Trinajstić information content (AvgIpc) is 2.39. The van der Waals surface area contributed by atoms with Gasteiger partial charge in [0.15, 0.2) is 0 Å². The zero-order valence-corrected chi connectivity index (χ0v) is 9.95. The van der Waals surface area contributed by atoms with Crippen molar-refractivity contribution in [3.05, 3.63) is 65.5 Å². The second kappa shape index (κ2) is 5.32. The monoisotopic (exact) mass is 284 g/mol. The van der Waals surface area contributed by atoms with E-state index in [1.807, 2.05) is 0 Å². The third kappa shape index (κ3) is 3.14. The van der Waals surface area contributed by atoms with Crippen LogP contribution in [0.15, 0.2) is 48.5 Å². The van der Waals surface area contributed by atoms with Crippen molar-refractivity contribution in [1.82, 2.24) is 0 Å². The number of carbonyl (C=O) groups is 1. The van der Waals surface area contributed by atoms with Crippen LogP contribution in [0.2, 0.25) is 0 Å². The maximum absolute atomic E-state index is 13.1. The molecule has 0 atom stereocenters. The fourth-order valence-electron chi connectivity index (χ4n) is 1.52. The molecule has 0 saturated heterocycles. The second-order valence-corrected chi connectivity index (χ2v) is 3.89. The predicted octanol–water partition coefficient (Wildman–Crippen LogP) is 4.06. The van der Waals surface area contributed by atoms with E-state index in [0.717, 1.165) is 6.07 Å². The number of hydrogen-bond acceptors (Lipinski definition) is 2. The van der Waals surface area contributed by atoms with Gasteiger partial charge in [0.25, 0.3) is 0 Å². The number of ether oxygens (including phenoxy) is 1. The van der Waals surface area contributed by atoms with Crippen molar-refractivity contribution in [2.45, 2.75) is 6.18 Å². The second-order valence-electron chi connectivity index (χ2n) is 3.89. The molecule has 0 spiro atoms. The summed E-state index contributed by atoms with van der Waals surface area (Å²) in [6, 6.07) is 9.82. The van der Waals surface area contributed by atoms with Gasteiger partial charge in [0, 0.05) is 0 Å². The van der Waals surface area contributed by atoms with Crippen molar-refractivity contribution in [2.24, 2.45) is 0 Å². The van der Waals surface area contributed by atoms with Crippen LogP contribution < -0.4 is 4.74 Å². The molecule has 0 bridgehead atoms. The van der Waals surface area contributed by atoms with E-state index in [4.69, 9.17) is 4.74 Å². The Kier molecular flexibility index (Phi) is 3.74. The molecule has 0 heterocycles. The third-order valence-electron chi connectivity index (χ3n) is 2.46. The van der Waals surface area contributed by atoms with Gasteiger partial charge in [-0.05, 0) is 30.3 Å². The van der Waals surface area contributed by atoms with Gasteiger partial charge in [0.1, 0.15) is 11.6 Å². The molecule has 0 N–H and O–H groups in total. The lowest BCUT2D eigenvalue weighted by atomic mass is 10.1. The topological polar surface area (TPSA) is 26.3 Å². The lowest BCUT2D eigenvalue weighted by Gasteiger charge is -2.10. The summed E-state index contributed by atoms with van der Waals surface area (Å²) in [5.41, 5.74) is -1.87. The maximum atomic E-state index is 13.1. The Balaban J connectivity index is 2.27. The molecule has 104 valence electrons. The fourth-order valence-corrected chi connectivity index (χ4v) is 1.52. The number of alkyl halides is 3. The lowest BCUT2D eigenvalue weighted by Crippen LogP contribution is -2.13. The van der Waals surface area contributed by atoms with Crippen LogP contribution in [0.1, 0.15) is 15.9 Å². The first-order chi connectivity index (χ1) is 9.38. The van der Waals surface area contributed by atoms with E-state index in [0.29, 0.717) is 12.1 Å². The summed E-state index contributed by atoms with van der Waals surface area (Å²) in [4.78, 5) is 11.7. The van der Waals surface area contributed by atoms with E-state index in [1.165, 1.54) is 12.1 Å². The first-order valence-corrected chi connectivity index (χ1v) is 5.52. The Bertz CT molecular complexity index is 621. The maximum Gasteiger partial charge on any atom is 0.419 e. The highest BCUT2D eigenvalue weighted by molar-refractivity contribution is 5.91. The molecular formula is C14H8F4O2. The van der Waals surface area contributed by atoms with Crippen LogP contribution in [0.4, 0.5) is 17.6 Å². The summed E-state index contributed by atoms with van der Waals surface area (Å²) < 4.78 is 55.5. The van der Waals surface area contributed by atoms with Crippen molar-refractivity contribution >= 4 is 5.97 Å². The van der Waals surface area contributed by atoms with Crippen molar-refractivity contribution in [2.75, 3.05) is 0 Å². The van der Waals surface area contributed by atoms with Gasteiger partial charge < -0.3 is 4.74 Å². The molecule has 0 aliphatic heterocycles. The summed E-state index contributed by atoms with van der Waals surface area (Å²) in [5.74, 6) is -2.23. The summed E-state index contributed by atoms with van der Waals surface area (Å²) >= 11 is 0. The number of carbonyl (C=O) groups excluding carboxylic acids is 1. The molecule has 2 aromatic carbocycles. The summed E-state index contributed by atoms with van der Waals surface area (Å²) in [5, 5.41) is 0. The van der Waals surface area contributed by atoms with E-state index in [9.17, 15) is 22.4 Å². The van der Waals surface area contributed by atoms with Gasteiger partial charge in [0.2, 0.25) is 0 Å². The van der Waals surface area contributed by atoms with Gasteiger partial charge in [-0.2, -0.15) is 13.2 Å². The molecule has 20 heavy (non-hydrogen) atoms. The normalized spacial score (nSPS) is 11.2. The SMILES string of the molecule is O=C(Oc1ccccc1)c1ccc(F)c(C(F)(F)F)c1. The van der Waals surface area contributed by atoms with Gasteiger partial charge in [-0.1, -0.05) is 18.2 Å². The summed E-state index contributed by atoms with van der Waals surface area (Å²) in [6.07, 6.45) is -4.87. The quantitative estimate of drug-likeness (QED) is 0.472. The Morgan fingerprint density at radius 3 is 2.25 bits per heavy atom. The van der Waals surface area contributed by atoms with E-state index >= 15 is 0 Å². The van der Waals surface area contributed by atoms with Crippen LogP contribution in [0.3, 0.4) is 0 Å². The van der Waals surface area contributed by atoms with Crippen LogP contribution in [0.5, 0.6) is 5.75 Å². The van der Waals surface area contributed by atoms with E-state index in [1.54, 1.807) is 18.2 Å². The van der Waals surface area contributed by atoms with E-state index < -0.39 is 23.5 Å². The molecule has 0 aliphatic carbocycles. The highest BCUT2D eigenvalue weighted by atomic mass is 19.4. The standard InChI is InChI=1S/C14H8F4O2/c15-12-7-6-9(8-11(12)14(16,17)18)13(19)20-10-4-2-1-3-5-10/h1-8H. The third-order valence-corrected chi connectivity index (χ3v) is 2.46. The van der Waals surface area contributed by atoms with Crippen molar-refractivity contribution in [3.63, 3.8) is 0 Å². The number of esters is 1. The highest BCUT2D eigenvalue weighted by Crippen LogP contribution is 2.32. The first-order valence-electron chi connectivity index (χ1n) is 5.52. The zero-order valence-electron chi connectivity index (χ0n) is 9.95. The number of halogens is 4. The summed E-state index contributed by atoms with van der Waals surface area (Å²) in [6.45, 7) is 0. The molecule has 0 saturated carbocycles. The number of benzene rings is 2. The van der Waals surface area contributed by atoms with Crippen LogP contribution in [0.25, 0.3) is 0 Å². The first kappa shape index (κ1) is 14.0. The number of para-hydroxylation sites is 1. The van der Waals surface area contributed by atoms with Gasteiger partial charge in [0.05, 0.1) is 11.1 Å². The van der Waals surface area contributed by atoms with E-state index in [2.05, 4.69) is 0 Å². The number of hydrogen-bond donors (Lipinski definition) is 0. The van der Waals surface area contributed by atoms with Gasteiger partial charge in [-0.25, -0.2) is 9.18 Å². The van der Waals surface area contributed by atoms with Crippen LogP contribution >= 0.6 is 0 Å². The molecule has 0 unspecified atom stereocenters. The fraction of sp³-hybridized carbons (Fsp3) is 0.0714. The molecule has 0 aromatic heterocycles. The van der Waals surface area contributed by atoms with Crippen LogP contribution in [-0.4, -0.2) is 5.97 Å². The smallest absolute Gasteiger partial charge is 0.419 e. The minimum Gasteiger partial charge on any atom is -0.423 e. The Hall–Kier alpha value is -2.37. The largest absolute Gasteiger partial charge is 0.423 e. The van der Waals surface area contributed by atoms with Gasteiger partial charge in [-0.3, -0.25) is 0 Å². The molecule has 2 rings (SSSR count). The lowest BCUT2D eigenvalue weighted by molar-refractivity contribution is -0.140. The molecule has 0 amide bonds. The molecule has 2 nitrogen and oxygen atoms in total. The van der Waals surface area contributed by atoms with Crippen LogP contribution in [0, 0.1) is 5.82 Å². The molecular weight excluding hydrogens is 276 g/mol. The average molecular weight is 284 g/mol. The Morgan fingerprint density at radius 2 is 1.65 bits per heavy atom. The van der Waals surface area contributed by atoms with Crippen molar-refractivity contribution in [1.29, 1.82) is 0 Å². The molecule has 0 radical (unpaired) electrons. The zero-order chi connectivity index (χ0) is 14.8. The predicted molar refractivity (Wildman–Crippen MR) is 62.8 cm³/mol. The molecule has 2 aromatic rings. The Labute approximate surface area is 111 Å². The molecule has 6 heteroatoms. The molecule has 0 fully saturated rings. The van der Waals surface area contributed by atoms with Crippen molar-refractivity contribution < 1.29 is 27.1 Å². The number of rotatable bonds is 2. The van der Waals surface area contributed by atoms with Crippen molar-refractivity contribution in [3.8, 4) is 5.75 Å². The highest BCUT2D eigenvalue weighted by Gasteiger charge is 2.34. The van der Waals surface area contributed by atoms with Crippen LogP contribution in [-0.2, 0) is 6.18 Å². The molecule has 0 aliphatic rings. The Morgan fingerprint density at radius 1 is 1.00 bits per heavy atom. The summed E-state index contributed by atoms with van der Waals surface area (Å²) in [7, 11) is 0. The van der Waals surface area contributed by atoms with E-state index in [-0.39, 0.29) is 11.3 Å². The van der Waals surface area contributed by atoms with Gasteiger partial charge in [-0.15, -0.1) is 0 Å². The minimum atomic E-state index is -4.87. The minimum absolute atomic E-state index is 0.190. The van der Waals surface area contributed by atoms with Gasteiger partial charge >= 0.3 is 12.1 Å².